The van der Waals surface area contributed by atoms with E-state index < -0.39 is 0 Å². The van der Waals surface area contributed by atoms with Crippen molar-refractivity contribution in [3.05, 3.63) is 81.6 Å². The Kier molecular flexibility index (Phi) is 8.14. The van der Waals surface area contributed by atoms with E-state index in [1.54, 1.807) is 0 Å². The first-order chi connectivity index (χ1) is 19.0. The molecule has 39 heavy (non-hydrogen) atoms. The largest absolute Gasteiger partial charge is 0.341 e. The third-order valence-corrected chi connectivity index (χ3v) is 9.30. The lowest BCUT2D eigenvalue weighted by atomic mass is 9.91. The second-order valence-electron chi connectivity index (χ2n) is 11.5. The van der Waals surface area contributed by atoms with Crippen molar-refractivity contribution in [2.24, 2.45) is 5.92 Å². The Bertz CT molecular complexity index is 1230. The van der Waals surface area contributed by atoms with E-state index in [4.69, 9.17) is 4.98 Å². The van der Waals surface area contributed by atoms with Crippen LogP contribution in [0, 0.1) is 12.8 Å². The highest BCUT2D eigenvalue weighted by molar-refractivity contribution is 9.10. The molecule has 1 amide bonds. The van der Waals surface area contributed by atoms with Crippen LogP contribution in [0.1, 0.15) is 59.7 Å². The smallest absolute Gasteiger partial charge is 0.241 e. The van der Waals surface area contributed by atoms with Crippen LogP contribution in [0.2, 0.25) is 0 Å². The first kappa shape index (κ1) is 26.7. The molecule has 1 aliphatic carbocycles. The second kappa shape index (κ2) is 11.9. The van der Waals surface area contributed by atoms with Crippen molar-refractivity contribution < 1.29 is 4.79 Å². The van der Waals surface area contributed by atoms with E-state index in [0.29, 0.717) is 12.5 Å². The maximum absolute atomic E-state index is 13.7. The molecule has 0 bridgehead atoms. The lowest BCUT2D eigenvalue weighted by Gasteiger charge is -2.41. The fourth-order valence-corrected chi connectivity index (χ4v) is 7.14. The Balaban J connectivity index is 1.12. The molecule has 0 spiro atoms. The molecule has 2 aliphatic heterocycles. The van der Waals surface area contributed by atoms with E-state index >= 15 is 0 Å². The number of halogens is 1. The molecule has 7 nitrogen and oxygen atoms in total. The summed E-state index contributed by atoms with van der Waals surface area (Å²) >= 11 is 3.64. The molecule has 2 saturated heterocycles. The van der Waals surface area contributed by atoms with E-state index in [1.165, 1.54) is 35.1 Å². The summed E-state index contributed by atoms with van der Waals surface area (Å²) in [7, 11) is 0. The number of carbonyl (C=O) groups excluding carboxylic acids is 1. The molecule has 1 N–H and O–H groups in total. The third kappa shape index (κ3) is 5.98. The minimum Gasteiger partial charge on any atom is -0.341 e. The number of aromatic nitrogens is 3. The van der Waals surface area contributed by atoms with Crippen LogP contribution < -0.4 is 5.32 Å². The van der Waals surface area contributed by atoms with E-state index in [1.807, 2.05) is 24.9 Å². The van der Waals surface area contributed by atoms with E-state index in [-0.39, 0.29) is 18.0 Å². The molecule has 206 valence electrons. The molecule has 0 radical (unpaired) electrons. The Labute approximate surface area is 240 Å². The first-order valence-electron chi connectivity index (χ1n) is 14.5. The number of pyridine rings is 1. The highest BCUT2D eigenvalue weighted by Gasteiger charge is 2.37. The van der Waals surface area contributed by atoms with Crippen molar-refractivity contribution in [1.29, 1.82) is 0 Å². The fraction of sp³-hybridized carbons (Fsp3) is 0.516. The van der Waals surface area contributed by atoms with Crippen molar-refractivity contribution in [3.8, 4) is 0 Å². The number of carbonyl (C=O) groups is 1. The SMILES string of the molecule is Cc1ccc2c(c1)CCc1cc(Br)cnc1C2N1CCNC(C(=O)N2CCC(CCCn3ccnc3)CC2)C1. The number of fused-ring (bicyclic) bond motifs is 2. The predicted molar refractivity (Wildman–Crippen MR) is 156 cm³/mol. The van der Waals surface area contributed by atoms with Gasteiger partial charge in [0.2, 0.25) is 5.91 Å². The summed E-state index contributed by atoms with van der Waals surface area (Å²) in [6.07, 6.45) is 14.3. The van der Waals surface area contributed by atoms with Gasteiger partial charge in [0, 0.05) is 62.3 Å². The number of aryl methyl sites for hydroxylation is 4. The van der Waals surface area contributed by atoms with Gasteiger partial charge in [0.15, 0.2) is 0 Å². The van der Waals surface area contributed by atoms with Gasteiger partial charge in [-0.2, -0.15) is 0 Å². The standard InChI is InChI=1S/C31H39BrN6O/c1-22-4-7-27-24(17-22)5-6-25-18-26(32)19-35-29(25)30(27)38-16-11-34-28(20-38)31(39)37-13-8-23(9-14-37)3-2-12-36-15-10-33-21-36/h4,7,10,15,17-19,21,23,28,30,34H,2-3,5-6,8-9,11-14,16,20H2,1H3. The van der Waals surface area contributed by atoms with Crippen LogP contribution in [0.15, 0.2) is 53.7 Å². The number of hydrogen-bond acceptors (Lipinski definition) is 5. The fourth-order valence-electron chi connectivity index (χ4n) is 6.76. The summed E-state index contributed by atoms with van der Waals surface area (Å²) < 4.78 is 3.18. The summed E-state index contributed by atoms with van der Waals surface area (Å²) in [5.74, 6) is 0.972. The van der Waals surface area contributed by atoms with E-state index in [2.05, 4.69) is 71.8 Å². The van der Waals surface area contributed by atoms with Crippen molar-refractivity contribution in [2.75, 3.05) is 32.7 Å². The van der Waals surface area contributed by atoms with Gasteiger partial charge in [-0.1, -0.05) is 23.8 Å². The average molecular weight is 592 g/mol. The zero-order chi connectivity index (χ0) is 26.8. The molecule has 3 aromatic rings. The number of piperidine rings is 1. The van der Waals surface area contributed by atoms with Gasteiger partial charge in [0.1, 0.15) is 0 Å². The van der Waals surface area contributed by atoms with Gasteiger partial charge in [-0.15, -0.1) is 0 Å². The summed E-state index contributed by atoms with van der Waals surface area (Å²) in [5.41, 5.74) is 6.50. The normalized spacial score (nSPS) is 22.3. The van der Waals surface area contributed by atoms with Gasteiger partial charge < -0.3 is 14.8 Å². The van der Waals surface area contributed by atoms with Crippen LogP contribution in [0.4, 0.5) is 0 Å². The van der Waals surface area contributed by atoms with Crippen LogP contribution in [-0.2, 0) is 24.2 Å². The Morgan fingerprint density at radius 2 is 1.97 bits per heavy atom. The molecule has 2 aromatic heterocycles. The van der Waals surface area contributed by atoms with Crippen molar-refractivity contribution in [3.63, 3.8) is 0 Å². The topological polar surface area (TPSA) is 66.3 Å². The molecule has 2 atom stereocenters. The number of imidazole rings is 1. The number of hydrogen-bond donors (Lipinski definition) is 1. The number of likely N-dealkylation sites (tertiary alicyclic amines) is 1. The van der Waals surface area contributed by atoms with Gasteiger partial charge >= 0.3 is 0 Å². The third-order valence-electron chi connectivity index (χ3n) is 8.87. The molecule has 2 unspecified atom stereocenters. The van der Waals surface area contributed by atoms with E-state index in [9.17, 15) is 4.79 Å². The van der Waals surface area contributed by atoms with Crippen LogP contribution in [0.3, 0.4) is 0 Å². The van der Waals surface area contributed by atoms with Crippen LogP contribution in [0.5, 0.6) is 0 Å². The first-order valence-corrected chi connectivity index (χ1v) is 15.3. The summed E-state index contributed by atoms with van der Waals surface area (Å²) in [5, 5.41) is 3.56. The molecular formula is C31H39BrN6O. The van der Waals surface area contributed by atoms with Gasteiger partial charge in [0.25, 0.3) is 0 Å². The molecule has 1 aromatic carbocycles. The van der Waals surface area contributed by atoms with E-state index in [0.717, 1.165) is 68.6 Å². The average Bonchev–Trinajstić information content (AvgIpc) is 3.42. The summed E-state index contributed by atoms with van der Waals surface area (Å²) in [6.45, 7) is 7.36. The molecular weight excluding hydrogens is 552 g/mol. The maximum atomic E-state index is 13.7. The van der Waals surface area contributed by atoms with Gasteiger partial charge in [-0.25, -0.2) is 4.98 Å². The number of benzene rings is 1. The van der Waals surface area contributed by atoms with Crippen LogP contribution >= 0.6 is 15.9 Å². The number of rotatable bonds is 6. The van der Waals surface area contributed by atoms with Crippen LogP contribution in [-0.4, -0.2) is 69.0 Å². The quantitative estimate of drug-likeness (QED) is 0.457. The van der Waals surface area contributed by atoms with Crippen molar-refractivity contribution in [2.45, 2.75) is 64.1 Å². The van der Waals surface area contributed by atoms with Gasteiger partial charge in [-0.3, -0.25) is 14.7 Å². The summed E-state index contributed by atoms with van der Waals surface area (Å²) in [6, 6.07) is 8.99. The predicted octanol–water partition coefficient (Wildman–Crippen LogP) is 4.53. The number of nitrogens with one attached hydrogen (secondary N) is 1. The molecule has 6 rings (SSSR count). The molecule has 8 heteroatoms. The van der Waals surface area contributed by atoms with Crippen LogP contribution in [0.25, 0.3) is 0 Å². The Hall–Kier alpha value is -2.55. The second-order valence-corrected chi connectivity index (χ2v) is 12.4. The lowest BCUT2D eigenvalue weighted by molar-refractivity contribution is -0.136. The number of piperazine rings is 1. The minimum absolute atomic E-state index is 0.0739. The van der Waals surface area contributed by atoms with Gasteiger partial charge in [-0.05, 0) is 90.1 Å². The molecule has 2 fully saturated rings. The number of amides is 1. The summed E-state index contributed by atoms with van der Waals surface area (Å²) in [4.78, 5) is 27.4. The maximum Gasteiger partial charge on any atom is 0.241 e. The lowest BCUT2D eigenvalue weighted by Crippen LogP contribution is -2.59. The Morgan fingerprint density at radius 1 is 1.13 bits per heavy atom. The minimum atomic E-state index is -0.174. The zero-order valence-corrected chi connectivity index (χ0v) is 24.4. The monoisotopic (exact) mass is 590 g/mol. The molecule has 0 saturated carbocycles. The van der Waals surface area contributed by atoms with Gasteiger partial charge in [0.05, 0.1) is 24.1 Å². The highest BCUT2D eigenvalue weighted by Crippen LogP contribution is 2.37. The van der Waals surface area contributed by atoms with Crippen molar-refractivity contribution >= 4 is 21.8 Å². The number of nitrogens with zero attached hydrogens (tertiary/aromatic N) is 5. The molecule has 3 aliphatic rings. The highest BCUT2D eigenvalue weighted by atomic mass is 79.9. The molecule has 4 heterocycles. The Morgan fingerprint density at radius 3 is 2.79 bits per heavy atom. The van der Waals surface area contributed by atoms with Crippen molar-refractivity contribution in [1.82, 2.24) is 29.7 Å². The zero-order valence-electron chi connectivity index (χ0n) is 22.9.